The number of benzene rings is 2. The Hall–Kier alpha value is -3.96. The molecule has 0 saturated carbocycles. The molecule has 0 aliphatic carbocycles. The smallest absolute Gasteiger partial charge is 0.229 e. The summed E-state index contributed by atoms with van der Waals surface area (Å²) in [5.74, 6) is 2.25. The Balaban J connectivity index is 1.49. The van der Waals surface area contributed by atoms with Crippen LogP contribution in [-0.4, -0.2) is 82.5 Å². The van der Waals surface area contributed by atoms with Crippen LogP contribution in [0.25, 0.3) is 16.9 Å². The van der Waals surface area contributed by atoms with Crippen molar-refractivity contribution in [2.45, 2.75) is 6.10 Å². The Bertz CT molecular complexity index is 1240. The Kier molecular flexibility index (Phi) is 7.04. The monoisotopic (exact) mass is 465 g/mol. The molecular weight excluding hydrogens is 438 g/mol. The Morgan fingerprint density at radius 1 is 1.06 bits per heavy atom. The van der Waals surface area contributed by atoms with Gasteiger partial charge in [0.2, 0.25) is 5.95 Å². The van der Waals surface area contributed by atoms with Crippen molar-refractivity contribution in [2.75, 3.05) is 46.8 Å². The van der Waals surface area contributed by atoms with Crippen LogP contribution in [0.2, 0.25) is 0 Å². The highest BCUT2D eigenvalue weighted by Gasteiger charge is 2.13. The van der Waals surface area contributed by atoms with Crippen molar-refractivity contribution < 1.29 is 19.3 Å². The number of fused-ring (bicyclic) bond motifs is 1. The molecule has 1 atom stereocenters. The molecule has 11 nitrogen and oxygen atoms in total. The van der Waals surface area contributed by atoms with Gasteiger partial charge < -0.3 is 29.5 Å². The third-order valence-corrected chi connectivity index (χ3v) is 4.93. The molecule has 4 rings (SSSR count). The van der Waals surface area contributed by atoms with Gasteiger partial charge in [0.25, 0.3) is 0 Å². The first-order chi connectivity index (χ1) is 16.5. The first-order valence-electron chi connectivity index (χ1n) is 10.6. The van der Waals surface area contributed by atoms with E-state index < -0.39 is 6.10 Å². The molecule has 2 N–H and O–H groups in total. The second-order valence-corrected chi connectivity index (χ2v) is 7.82. The largest absolute Gasteiger partial charge is 0.493 e. The van der Waals surface area contributed by atoms with Crippen LogP contribution in [0.3, 0.4) is 0 Å². The molecule has 0 fully saturated rings. The van der Waals surface area contributed by atoms with Gasteiger partial charge in [0.1, 0.15) is 18.5 Å². The fourth-order valence-electron chi connectivity index (χ4n) is 3.35. The summed E-state index contributed by atoms with van der Waals surface area (Å²) in [6.45, 7) is 0.756. The van der Waals surface area contributed by atoms with Gasteiger partial charge in [0.05, 0.1) is 26.1 Å². The predicted octanol–water partition coefficient (Wildman–Crippen LogP) is 2.27. The Labute approximate surface area is 196 Å². The van der Waals surface area contributed by atoms with E-state index in [1.807, 2.05) is 49.3 Å². The molecule has 2 heterocycles. The predicted molar refractivity (Wildman–Crippen MR) is 127 cm³/mol. The van der Waals surface area contributed by atoms with Crippen LogP contribution in [0.5, 0.6) is 17.2 Å². The highest BCUT2D eigenvalue weighted by atomic mass is 16.5. The van der Waals surface area contributed by atoms with E-state index in [1.165, 1.54) is 0 Å². The number of anilines is 2. The summed E-state index contributed by atoms with van der Waals surface area (Å²) in [6.07, 6.45) is 1.05. The number of methoxy groups -OCH3 is 2. The Morgan fingerprint density at radius 3 is 2.53 bits per heavy atom. The van der Waals surface area contributed by atoms with Crippen molar-refractivity contribution in [2.24, 2.45) is 0 Å². The zero-order valence-electron chi connectivity index (χ0n) is 19.5. The highest BCUT2D eigenvalue weighted by molar-refractivity contribution is 5.73. The SMILES string of the molecule is COc1ccc(-n2nnc3cnc(Nc4ccc(OCC(O)CN(C)C)cc4)nc32)cc1OC. The molecule has 2 aromatic heterocycles. The van der Waals surface area contributed by atoms with Gasteiger partial charge in [-0.05, 0) is 50.5 Å². The number of ether oxygens (including phenoxy) is 3. The van der Waals surface area contributed by atoms with Crippen molar-refractivity contribution >= 4 is 22.8 Å². The van der Waals surface area contributed by atoms with Crippen molar-refractivity contribution in [3.8, 4) is 22.9 Å². The molecule has 2 aromatic carbocycles. The van der Waals surface area contributed by atoms with Crippen molar-refractivity contribution in [3.05, 3.63) is 48.7 Å². The van der Waals surface area contributed by atoms with Crippen LogP contribution >= 0.6 is 0 Å². The van der Waals surface area contributed by atoms with Crippen LogP contribution < -0.4 is 19.5 Å². The molecule has 4 aromatic rings. The number of nitrogens with one attached hydrogen (secondary N) is 1. The Morgan fingerprint density at radius 2 is 1.82 bits per heavy atom. The second kappa shape index (κ2) is 10.3. The second-order valence-electron chi connectivity index (χ2n) is 7.82. The van der Waals surface area contributed by atoms with Gasteiger partial charge in [-0.3, -0.25) is 0 Å². The van der Waals surface area contributed by atoms with Crippen LogP contribution in [0, 0.1) is 0 Å². The number of nitrogens with zero attached hydrogens (tertiary/aromatic N) is 6. The maximum absolute atomic E-state index is 9.94. The third-order valence-electron chi connectivity index (χ3n) is 4.93. The highest BCUT2D eigenvalue weighted by Crippen LogP contribution is 2.30. The van der Waals surface area contributed by atoms with E-state index >= 15 is 0 Å². The number of aliphatic hydroxyl groups is 1. The lowest BCUT2D eigenvalue weighted by Gasteiger charge is -2.16. The number of rotatable bonds is 10. The number of aliphatic hydroxyl groups excluding tert-OH is 1. The van der Waals surface area contributed by atoms with E-state index in [-0.39, 0.29) is 6.61 Å². The van der Waals surface area contributed by atoms with Gasteiger partial charge in [-0.1, -0.05) is 5.21 Å². The van der Waals surface area contributed by atoms with E-state index in [9.17, 15) is 5.11 Å². The van der Waals surface area contributed by atoms with E-state index in [0.29, 0.717) is 40.9 Å². The molecule has 0 saturated heterocycles. The lowest BCUT2D eigenvalue weighted by atomic mass is 10.2. The first-order valence-corrected chi connectivity index (χ1v) is 10.6. The lowest BCUT2D eigenvalue weighted by Crippen LogP contribution is -2.30. The summed E-state index contributed by atoms with van der Waals surface area (Å²) >= 11 is 0. The van der Waals surface area contributed by atoms with Crippen LogP contribution in [0.4, 0.5) is 11.6 Å². The van der Waals surface area contributed by atoms with E-state index in [4.69, 9.17) is 14.2 Å². The minimum Gasteiger partial charge on any atom is -0.493 e. The van der Waals surface area contributed by atoms with Gasteiger partial charge in [-0.25, -0.2) is 4.98 Å². The molecule has 0 radical (unpaired) electrons. The lowest BCUT2D eigenvalue weighted by molar-refractivity contribution is 0.0831. The number of hydrogen-bond acceptors (Lipinski definition) is 10. The van der Waals surface area contributed by atoms with Crippen molar-refractivity contribution in [3.63, 3.8) is 0 Å². The van der Waals surface area contributed by atoms with Gasteiger partial charge in [0.15, 0.2) is 22.7 Å². The fourth-order valence-corrected chi connectivity index (χ4v) is 3.35. The molecule has 0 amide bonds. The van der Waals surface area contributed by atoms with Crippen LogP contribution in [0.15, 0.2) is 48.7 Å². The standard InChI is InChI=1S/C23H27N7O4/c1-29(2)13-17(31)14-34-18-8-5-15(6-9-18)25-23-24-12-19-22(26-23)30(28-27-19)16-7-10-20(32-3)21(11-16)33-4/h5-12,17,31H,13-14H2,1-4H3,(H,24,25,26). The van der Waals surface area contributed by atoms with Gasteiger partial charge in [-0.15, -0.1) is 5.10 Å². The number of likely N-dealkylation sites (N-methyl/N-ethyl adjacent to an activating group) is 1. The molecular formula is C23H27N7O4. The molecule has 1 unspecified atom stereocenters. The zero-order valence-corrected chi connectivity index (χ0v) is 19.5. The average Bonchev–Trinajstić information content (AvgIpc) is 3.26. The quantitative estimate of drug-likeness (QED) is 0.361. The molecule has 0 aliphatic rings. The van der Waals surface area contributed by atoms with Crippen molar-refractivity contribution in [1.82, 2.24) is 29.9 Å². The minimum absolute atomic E-state index is 0.220. The van der Waals surface area contributed by atoms with Gasteiger partial charge in [-0.2, -0.15) is 9.67 Å². The average molecular weight is 466 g/mol. The number of aromatic nitrogens is 5. The summed E-state index contributed by atoms with van der Waals surface area (Å²) < 4.78 is 17.9. The van der Waals surface area contributed by atoms with Crippen LogP contribution in [-0.2, 0) is 0 Å². The maximum Gasteiger partial charge on any atom is 0.229 e. The normalized spacial score (nSPS) is 12.1. The van der Waals surface area contributed by atoms with E-state index in [2.05, 4.69) is 25.6 Å². The summed E-state index contributed by atoms with van der Waals surface area (Å²) in [6, 6.07) is 12.8. The summed E-state index contributed by atoms with van der Waals surface area (Å²) in [4.78, 5) is 10.8. The molecule has 0 aliphatic heterocycles. The molecule has 11 heteroatoms. The summed E-state index contributed by atoms with van der Waals surface area (Å²) in [5, 5.41) is 21.5. The zero-order chi connectivity index (χ0) is 24.1. The number of hydrogen-bond donors (Lipinski definition) is 2. The maximum atomic E-state index is 9.94. The van der Waals surface area contributed by atoms with Crippen molar-refractivity contribution in [1.29, 1.82) is 0 Å². The van der Waals surface area contributed by atoms with Gasteiger partial charge in [0, 0.05) is 18.3 Å². The molecule has 0 spiro atoms. The summed E-state index contributed by atoms with van der Waals surface area (Å²) in [7, 11) is 6.97. The molecule has 0 bridgehead atoms. The first kappa shape index (κ1) is 23.2. The molecule has 34 heavy (non-hydrogen) atoms. The van der Waals surface area contributed by atoms with Gasteiger partial charge >= 0.3 is 0 Å². The minimum atomic E-state index is -0.558. The van der Waals surface area contributed by atoms with E-state index in [1.54, 1.807) is 37.2 Å². The molecule has 178 valence electrons. The topological polar surface area (TPSA) is 120 Å². The fraction of sp³-hybridized carbons (Fsp3) is 0.304. The van der Waals surface area contributed by atoms with Crippen LogP contribution in [0.1, 0.15) is 0 Å². The third kappa shape index (κ3) is 5.33. The summed E-state index contributed by atoms with van der Waals surface area (Å²) in [5.41, 5.74) is 2.60. The van der Waals surface area contributed by atoms with E-state index in [0.717, 1.165) is 11.4 Å².